The van der Waals surface area contributed by atoms with E-state index in [1.165, 1.54) is 0 Å². The van der Waals surface area contributed by atoms with Crippen LogP contribution in [0.15, 0.2) is 67.0 Å². The van der Waals surface area contributed by atoms with Crippen molar-refractivity contribution in [2.45, 2.75) is 0 Å². The van der Waals surface area contributed by atoms with Gasteiger partial charge >= 0.3 is 0 Å². The van der Waals surface area contributed by atoms with Crippen molar-refractivity contribution in [3.63, 3.8) is 0 Å². The first-order valence-electron chi connectivity index (χ1n) is 5.69. The Morgan fingerprint density at radius 2 is 1.61 bits per heavy atom. The van der Waals surface area contributed by atoms with Crippen molar-refractivity contribution in [2.75, 3.05) is 0 Å². The number of hydrogen-bond acceptors (Lipinski definition) is 1. The average Bonchev–Trinajstić information content (AvgIpc) is 2.90. The number of imidazole rings is 1. The van der Waals surface area contributed by atoms with Crippen molar-refractivity contribution in [2.24, 2.45) is 0 Å². The van der Waals surface area contributed by atoms with Crippen LogP contribution in [0.3, 0.4) is 0 Å². The molecule has 0 unspecified atom stereocenters. The van der Waals surface area contributed by atoms with Crippen LogP contribution in [0.2, 0.25) is 5.02 Å². The third-order valence-electron chi connectivity index (χ3n) is 2.78. The Morgan fingerprint density at radius 3 is 2.33 bits per heavy atom. The summed E-state index contributed by atoms with van der Waals surface area (Å²) in [7, 11) is 0. The number of aromatic nitrogens is 2. The van der Waals surface area contributed by atoms with Crippen molar-refractivity contribution >= 4 is 11.6 Å². The average molecular weight is 255 g/mol. The number of rotatable bonds is 2. The van der Waals surface area contributed by atoms with Crippen LogP contribution in [0.4, 0.5) is 0 Å². The van der Waals surface area contributed by atoms with Crippen molar-refractivity contribution < 1.29 is 0 Å². The summed E-state index contributed by atoms with van der Waals surface area (Å²) in [6.45, 7) is 0. The molecule has 1 aromatic heterocycles. The maximum Gasteiger partial charge on any atom is 0.144 e. The van der Waals surface area contributed by atoms with Crippen molar-refractivity contribution in [1.82, 2.24) is 9.55 Å². The first kappa shape index (κ1) is 11.1. The van der Waals surface area contributed by atoms with Crippen LogP contribution in [-0.4, -0.2) is 9.55 Å². The monoisotopic (exact) mass is 254 g/mol. The topological polar surface area (TPSA) is 17.8 Å². The Labute approximate surface area is 110 Å². The standard InChI is InChI=1S/C15H11ClN2/c16-13-8-6-12(7-9-13)15-17-10-11-18(15)14-4-2-1-3-5-14/h1-11H. The molecule has 18 heavy (non-hydrogen) atoms. The van der Waals surface area contributed by atoms with Crippen LogP contribution in [0.25, 0.3) is 17.1 Å². The van der Waals surface area contributed by atoms with Gasteiger partial charge in [0.25, 0.3) is 0 Å². The summed E-state index contributed by atoms with van der Waals surface area (Å²) in [6, 6.07) is 17.8. The maximum absolute atomic E-state index is 5.90. The van der Waals surface area contributed by atoms with Crippen molar-refractivity contribution in [3.05, 3.63) is 72.0 Å². The lowest BCUT2D eigenvalue weighted by molar-refractivity contribution is 1.07. The lowest BCUT2D eigenvalue weighted by Crippen LogP contribution is -1.95. The molecule has 0 aliphatic carbocycles. The van der Waals surface area contributed by atoms with Crippen LogP contribution < -0.4 is 0 Å². The molecule has 3 heteroatoms. The lowest BCUT2D eigenvalue weighted by Gasteiger charge is -2.07. The third-order valence-corrected chi connectivity index (χ3v) is 3.03. The van der Waals surface area contributed by atoms with E-state index >= 15 is 0 Å². The van der Waals surface area contributed by atoms with Gasteiger partial charge < -0.3 is 0 Å². The van der Waals surface area contributed by atoms with Crippen molar-refractivity contribution in [3.8, 4) is 17.1 Å². The second kappa shape index (κ2) is 4.67. The molecule has 0 saturated heterocycles. The molecule has 0 aliphatic rings. The van der Waals surface area contributed by atoms with E-state index in [1.807, 2.05) is 48.7 Å². The fraction of sp³-hybridized carbons (Fsp3) is 0. The molecule has 0 fully saturated rings. The van der Waals surface area contributed by atoms with Crippen LogP contribution >= 0.6 is 11.6 Å². The molecule has 1 heterocycles. The van der Waals surface area contributed by atoms with E-state index in [9.17, 15) is 0 Å². The molecule has 2 nitrogen and oxygen atoms in total. The number of para-hydroxylation sites is 1. The highest BCUT2D eigenvalue weighted by Crippen LogP contribution is 2.22. The molecule has 0 radical (unpaired) electrons. The molecule has 0 spiro atoms. The van der Waals surface area contributed by atoms with E-state index in [0.29, 0.717) is 0 Å². The van der Waals surface area contributed by atoms with E-state index in [0.717, 1.165) is 22.1 Å². The van der Waals surface area contributed by atoms with Gasteiger partial charge in [-0.25, -0.2) is 4.98 Å². The first-order chi connectivity index (χ1) is 8.84. The van der Waals surface area contributed by atoms with Crippen LogP contribution in [0, 0.1) is 0 Å². The molecule has 0 N–H and O–H groups in total. The normalized spacial score (nSPS) is 10.5. The van der Waals surface area contributed by atoms with E-state index in [2.05, 4.69) is 21.7 Å². The predicted octanol–water partition coefficient (Wildman–Crippen LogP) is 4.19. The smallest absolute Gasteiger partial charge is 0.144 e. The first-order valence-corrected chi connectivity index (χ1v) is 6.07. The number of benzene rings is 2. The quantitative estimate of drug-likeness (QED) is 0.670. The Morgan fingerprint density at radius 1 is 0.889 bits per heavy atom. The minimum absolute atomic E-state index is 0.733. The third kappa shape index (κ3) is 2.03. The molecule has 0 amide bonds. The lowest BCUT2D eigenvalue weighted by atomic mass is 10.2. The van der Waals surface area contributed by atoms with E-state index in [-0.39, 0.29) is 0 Å². The SMILES string of the molecule is Clc1ccc(-c2nccn2-c2ccccc2)cc1. The Balaban J connectivity index is 2.10. The van der Waals surface area contributed by atoms with Gasteiger partial charge in [0.2, 0.25) is 0 Å². The fourth-order valence-electron chi connectivity index (χ4n) is 1.91. The molecule has 0 bridgehead atoms. The van der Waals surface area contributed by atoms with E-state index in [4.69, 9.17) is 11.6 Å². The van der Waals surface area contributed by atoms with Crippen LogP contribution in [0.5, 0.6) is 0 Å². The van der Waals surface area contributed by atoms with Gasteiger partial charge in [-0.2, -0.15) is 0 Å². The second-order valence-corrected chi connectivity index (χ2v) is 4.40. The van der Waals surface area contributed by atoms with Crippen LogP contribution in [0.1, 0.15) is 0 Å². The molecule has 3 rings (SSSR count). The summed E-state index contributed by atoms with van der Waals surface area (Å²) in [5.74, 6) is 0.915. The van der Waals surface area contributed by atoms with Gasteiger partial charge in [0.1, 0.15) is 5.82 Å². The summed E-state index contributed by atoms with van der Waals surface area (Å²) in [4.78, 5) is 4.41. The van der Waals surface area contributed by atoms with E-state index < -0.39 is 0 Å². The minimum Gasteiger partial charge on any atom is -0.300 e. The Kier molecular flexibility index (Phi) is 2.87. The molecular weight excluding hydrogens is 244 g/mol. The summed E-state index contributed by atoms with van der Waals surface area (Å²) in [5.41, 5.74) is 2.15. The molecular formula is C15H11ClN2. The zero-order valence-corrected chi connectivity index (χ0v) is 10.4. The zero-order chi connectivity index (χ0) is 12.4. The highest BCUT2D eigenvalue weighted by atomic mass is 35.5. The summed E-state index contributed by atoms with van der Waals surface area (Å²) >= 11 is 5.90. The molecule has 0 saturated carbocycles. The molecule has 88 valence electrons. The van der Waals surface area contributed by atoms with Crippen LogP contribution in [-0.2, 0) is 0 Å². The fourth-order valence-corrected chi connectivity index (χ4v) is 2.04. The second-order valence-electron chi connectivity index (χ2n) is 3.96. The zero-order valence-electron chi connectivity index (χ0n) is 9.62. The summed E-state index contributed by atoms with van der Waals surface area (Å²) < 4.78 is 2.06. The number of nitrogens with zero attached hydrogens (tertiary/aromatic N) is 2. The van der Waals surface area contributed by atoms with Gasteiger partial charge in [-0.15, -0.1) is 0 Å². The summed E-state index contributed by atoms with van der Waals surface area (Å²) in [5, 5.41) is 0.733. The van der Waals surface area contributed by atoms with Gasteiger partial charge in [-0.3, -0.25) is 4.57 Å². The number of hydrogen-bond donors (Lipinski definition) is 0. The largest absolute Gasteiger partial charge is 0.300 e. The van der Waals surface area contributed by atoms with E-state index in [1.54, 1.807) is 6.20 Å². The predicted molar refractivity (Wildman–Crippen MR) is 74.0 cm³/mol. The van der Waals surface area contributed by atoms with Crippen molar-refractivity contribution in [1.29, 1.82) is 0 Å². The summed E-state index contributed by atoms with van der Waals surface area (Å²) in [6.07, 6.45) is 3.76. The molecule has 0 atom stereocenters. The highest BCUT2D eigenvalue weighted by molar-refractivity contribution is 6.30. The maximum atomic E-state index is 5.90. The highest BCUT2D eigenvalue weighted by Gasteiger charge is 2.06. The van der Waals surface area contributed by atoms with Gasteiger partial charge in [0.15, 0.2) is 0 Å². The van der Waals surface area contributed by atoms with Gasteiger partial charge in [-0.05, 0) is 36.4 Å². The van der Waals surface area contributed by atoms with Gasteiger partial charge in [0.05, 0.1) is 0 Å². The number of halogens is 1. The molecule has 0 aliphatic heterocycles. The molecule has 2 aromatic carbocycles. The Bertz CT molecular complexity index is 642. The van der Waals surface area contributed by atoms with Gasteiger partial charge in [0, 0.05) is 28.7 Å². The Hall–Kier alpha value is -2.06. The molecule has 3 aromatic rings. The van der Waals surface area contributed by atoms with Gasteiger partial charge in [-0.1, -0.05) is 29.8 Å². The minimum atomic E-state index is 0.733.